The third-order valence-corrected chi connectivity index (χ3v) is 3.75. The fourth-order valence-electron chi connectivity index (χ4n) is 2.66. The van der Waals surface area contributed by atoms with Crippen LogP contribution in [0.4, 0.5) is 4.39 Å². The molecule has 1 aromatic carbocycles. The molecule has 1 N–H and O–H groups in total. The fraction of sp³-hybridized carbons (Fsp3) is 0.312. The van der Waals surface area contributed by atoms with Gasteiger partial charge in [0.2, 0.25) is 5.91 Å². The van der Waals surface area contributed by atoms with Gasteiger partial charge in [-0.25, -0.2) is 14.4 Å². The first-order valence-corrected chi connectivity index (χ1v) is 7.29. The molecule has 1 aromatic heterocycles. The number of rotatable bonds is 4. The summed E-state index contributed by atoms with van der Waals surface area (Å²) in [5.74, 6) is -0.405. The summed E-state index contributed by atoms with van der Waals surface area (Å²) < 4.78 is 18.1. The molecule has 3 rings (SSSR count). The van der Waals surface area contributed by atoms with E-state index in [1.807, 2.05) is 4.90 Å². The maximum Gasteiger partial charge on any atom is 0.316 e. The number of hydrogen-bond acceptors (Lipinski definition) is 5. The zero-order valence-electron chi connectivity index (χ0n) is 12.7. The number of methoxy groups -OCH3 is 1. The molecule has 2 aromatic rings. The molecule has 120 valence electrons. The van der Waals surface area contributed by atoms with E-state index in [1.54, 1.807) is 24.5 Å². The van der Waals surface area contributed by atoms with Gasteiger partial charge in [-0.1, -0.05) is 12.1 Å². The van der Waals surface area contributed by atoms with Crippen molar-refractivity contribution in [3.05, 3.63) is 53.6 Å². The van der Waals surface area contributed by atoms with Crippen LogP contribution in [0.2, 0.25) is 0 Å². The van der Waals surface area contributed by atoms with Crippen molar-refractivity contribution in [1.29, 1.82) is 0 Å². The number of amides is 1. The van der Waals surface area contributed by atoms with Gasteiger partial charge in [-0.3, -0.25) is 9.69 Å². The number of nitrogens with one attached hydrogen (secondary N) is 1. The van der Waals surface area contributed by atoms with Crippen LogP contribution in [0.5, 0.6) is 6.01 Å². The van der Waals surface area contributed by atoms with E-state index in [-0.39, 0.29) is 11.7 Å². The lowest BCUT2D eigenvalue weighted by Crippen LogP contribution is -2.49. The van der Waals surface area contributed by atoms with Crippen LogP contribution in [0.15, 0.2) is 36.7 Å². The highest BCUT2D eigenvalue weighted by atomic mass is 19.1. The molecular formula is C16H17FN4O2. The van der Waals surface area contributed by atoms with Crippen LogP contribution in [0.3, 0.4) is 0 Å². The smallest absolute Gasteiger partial charge is 0.316 e. The van der Waals surface area contributed by atoms with E-state index in [1.165, 1.54) is 19.2 Å². The van der Waals surface area contributed by atoms with E-state index in [2.05, 4.69) is 15.3 Å². The van der Waals surface area contributed by atoms with Crippen LogP contribution in [-0.4, -0.2) is 41.0 Å². The molecule has 1 aliphatic heterocycles. The van der Waals surface area contributed by atoms with Crippen LogP contribution in [-0.2, 0) is 11.3 Å². The predicted molar refractivity (Wildman–Crippen MR) is 81.1 cm³/mol. The van der Waals surface area contributed by atoms with Gasteiger partial charge in [0.05, 0.1) is 7.11 Å². The van der Waals surface area contributed by atoms with Crippen LogP contribution >= 0.6 is 0 Å². The standard InChI is InChI=1S/C16H17FN4O2/c1-23-16-19-8-11(9-20-16)10-21-7-6-18-15(22)14(21)12-2-4-13(17)5-3-12/h2-5,8-9,14H,6-7,10H2,1H3,(H,18,22). The molecule has 0 radical (unpaired) electrons. The number of carbonyl (C=O) groups excluding carboxylic acids is 1. The topological polar surface area (TPSA) is 67.3 Å². The molecule has 23 heavy (non-hydrogen) atoms. The number of carbonyl (C=O) groups is 1. The maximum absolute atomic E-state index is 13.1. The summed E-state index contributed by atoms with van der Waals surface area (Å²) in [4.78, 5) is 22.5. The molecule has 1 atom stereocenters. The van der Waals surface area contributed by atoms with Crippen LogP contribution < -0.4 is 10.1 Å². The number of nitrogens with zero attached hydrogens (tertiary/aromatic N) is 3. The first-order valence-electron chi connectivity index (χ1n) is 7.29. The Morgan fingerprint density at radius 2 is 2.00 bits per heavy atom. The number of piperazine rings is 1. The van der Waals surface area contributed by atoms with Gasteiger partial charge in [0.1, 0.15) is 11.9 Å². The molecule has 0 aliphatic carbocycles. The number of benzene rings is 1. The number of hydrogen-bond donors (Lipinski definition) is 1. The summed E-state index contributed by atoms with van der Waals surface area (Å²) in [6.45, 7) is 1.80. The molecule has 2 heterocycles. The highest BCUT2D eigenvalue weighted by molar-refractivity contribution is 5.83. The van der Waals surface area contributed by atoms with Crippen molar-refractivity contribution in [2.75, 3.05) is 20.2 Å². The van der Waals surface area contributed by atoms with E-state index in [9.17, 15) is 9.18 Å². The third kappa shape index (κ3) is 3.45. The first kappa shape index (κ1) is 15.4. The molecule has 1 saturated heterocycles. The quantitative estimate of drug-likeness (QED) is 0.921. The molecule has 1 amide bonds. The molecule has 1 fully saturated rings. The van der Waals surface area contributed by atoms with Gasteiger partial charge in [0.25, 0.3) is 0 Å². The zero-order chi connectivity index (χ0) is 16.2. The van der Waals surface area contributed by atoms with Crippen molar-refractivity contribution in [3.63, 3.8) is 0 Å². The Kier molecular flexibility index (Phi) is 4.47. The summed E-state index contributed by atoms with van der Waals surface area (Å²) in [5.41, 5.74) is 1.64. The Balaban J connectivity index is 1.82. The average molecular weight is 316 g/mol. The predicted octanol–water partition coefficient (Wildman–Crippen LogP) is 1.30. The summed E-state index contributed by atoms with van der Waals surface area (Å²) in [5, 5.41) is 2.85. The number of halogens is 1. The minimum Gasteiger partial charge on any atom is -0.467 e. The van der Waals surface area contributed by atoms with Crippen LogP contribution in [0.25, 0.3) is 0 Å². The van der Waals surface area contributed by atoms with Gasteiger partial charge in [-0.2, -0.15) is 0 Å². The van der Waals surface area contributed by atoms with Crippen molar-refractivity contribution >= 4 is 5.91 Å². The van der Waals surface area contributed by atoms with Gasteiger partial charge in [-0.05, 0) is 17.7 Å². The Labute approximate surface area is 133 Å². The van der Waals surface area contributed by atoms with E-state index in [4.69, 9.17) is 4.74 Å². The SMILES string of the molecule is COc1ncc(CN2CCNC(=O)C2c2ccc(F)cc2)cn1. The van der Waals surface area contributed by atoms with Crippen molar-refractivity contribution in [2.45, 2.75) is 12.6 Å². The highest BCUT2D eigenvalue weighted by Crippen LogP contribution is 2.25. The molecule has 0 spiro atoms. The molecule has 0 saturated carbocycles. The molecule has 1 aliphatic rings. The number of ether oxygens (including phenoxy) is 1. The summed E-state index contributed by atoms with van der Waals surface area (Å²) >= 11 is 0. The first-order chi connectivity index (χ1) is 11.2. The Bertz CT molecular complexity index is 675. The second-order valence-corrected chi connectivity index (χ2v) is 5.29. The lowest BCUT2D eigenvalue weighted by Gasteiger charge is -2.35. The van der Waals surface area contributed by atoms with Crippen molar-refractivity contribution in [1.82, 2.24) is 20.2 Å². The second kappa shape index (κ2) is 6.70. The molecule has 0 bridgehead atoms. The van der Waals surface area contributed by atoms with Gasteiger partial charge >= 0.3 is 6.01 Å². The van der Waals surface area contributed by atoms with Gasteiger partial charge in [0.15, 0.2) is 0 Å². The molecular weight excluding hydrogens is 299 g/mol. The highest BCUT2D eigenvalue weighted by Gasteiger charge is 2.31. The summed E-state index contributed by atoms with van der Waals surface area (Å²) in [6.07, 6.45) is 3.36. The lowest BCUT2D eigenvalue weighted by molar-refractivity contribution is -0.129. The normalized spacial score (nSPS) is 18.5. The average Bonchev–Trinajstić information content (AvgIpc) is 2.57. The largest absolute Gasteiger partial charge is 0.467 e. The zero-order valence-corrected chi connectivity index (χ0v) is 12.7. The third-order valence-electron chi connectivity index (χ3n) is 3.75. The van der Waals surface area contributed by atoms with Crippen molar-refractivity contribution in [2.24, 2.45) is 0 Å². The Morgan fingerprint density at radius 1 is 1.30 bits per heavy atom. The molecule has 6 nitrogen and oxygen atoms in total. The monoisotopic (exact) mass is 316 g/mol. The second-order valence-electron chi connectivity index (χ2n) is 5.29. The summed E-state index contributed by atoms with van der Waals surface area (Å²) in [6, 6.07) is 5.87. The minimum atomic E-state index is -0.452. The van der Waals surface area contributed by atoms with Crippen molar-refractivity contribution < 1.29 is 13.9 Å². The fourth-order valence-corrected chi connectivity index (χ4v) is 2.66. The van der Waals surface area contributed by atoms with E-state index in [0.717, 1.165) is 11.1 Å². The van der Waals surface area contributed by atoms with Crippen LogP contribution in [0, 0.1) is 5.82 Å². The van der Waals surface area contributed by atoms with Crippen molar-refractivity contribution in [3.8, 4) is 6.01 Å². The number of aromatic nitrogens is 2. The van der Waals surface area contributed by atoms with E-state index < -0.39 is 6.04 Å². The van der Waals surface area contributed by atoms with Crippen LogP contribution in [0.1, 0.15) is 17.2 Å². The van der Waals surface area contributed by atoms with Gasteiger partial charge < -0.3 is 10.1 Å². The van der Waals surface area contributed by atoms with E-state index in [0.29, 0.717) is 25.6 Å². The maximum atomic E-state index is 13.1. The Hall–Kier alpha value is -2.54. The minimum absolute atomic E-state index is 0.0858. The molecule has 7 heteroatoms. The Morgan fingerprint density at radius 3 is 2.65 bits per heavy atom. The van der Waals surface area contributed by atoms with E-state index >= 15 is 0 Å². The van der Waals surface area contributed by atoms with Gasteiger partial charge in [0, 0.05) is 37.6 Å². The molecule has 1 unspecified atom stereocenters. The summed E-state index contributed by atoms with van der Waals surface area (Å²) in [7, 11) is 1.51. The lowest BCUT2D eigenvalue weighted by atomic mass is 10.0. The van der Waals surface area contributed by atoms with Gasteiger partial charge in [-0.15, -0.1) is 0 Å².